The number of hydrogen-bond donors (Lipinski definition) is 0. The molecular weight excluding hydrogens is 224 g/mol. The number of halogens is 1. The van der Waals surface area contributed by atoms with Gasteiger partial charge in [-0.2, -0.15) is 0 Å². The van der Waals surface area contributed by atoms with E-state index in [1.807, 2.05) is 6.92 Å². The molecule has 2 saturated carbocycles. The maximum Gasteiger partial charge on any atom is 0.147 e. The predicted molar refractivity (Wildman–Crippen MR) is 63.4 cm³/mol. The van der Waals surface area contributed by atoms with Gasteiger partial charge < -0.3 is 0 Å². The van der Waals surface area contributed by atoms with Gasteiger partial charge in [0.1, 0.15) is 11.6 Å². The predicted octanol–water partition coefficient (Wildman–Crippen LogP) is 2.75. The minimum Gasteiger partial charge on any atom is -0.299 e. The average Bonchev–Trinajstić information content (AvgIpc) is 2.62. The first-order valence-electron chi connectivity index (χ1n) is 5.83. The topological polar surface area (TPSA) is 34.1 Å². The van der Waals surface area contributed by atoms with E-state index in [1.165, 1.54) is 0 Å². The summed E-state index contributed by atoms with van der Waals surface area (Å²) in [4.78, 5) is 24.0. The Morgan fingerprint density at radius 3 is 2.81 bits per heavy atom. The van der Waals surface area contributed by atoms with Crippen LogP contribution in [0.25, 0.3) is 0 Å². The Hall–Kier alpha value is -0.630. The Labute approximate surface area is 101 Å². The van der Waals surface area contributed by atoms with Crippen LogP contribution < -0.4 is 0 Å². The van der Waals surface area contributed by atoms with Crippen LogP contribution in [0, 0.1) is 17.3 Å². The SMILES string of the molecule is C=C(CCl)C12CCC(=O)C1C(=O)C(C)CC2. The van der Waals surface area contributed by atoms with Crippen molar-refractivity contribution in [2.24, 2.45) is 17.3 Å². The third kappa shape index (κ3) is 1.46. The van der Waals surface area contributed by atoms with Crippen molar-refractivity contribution in [1.82, 2.24) is 0 Å². The van der Waals surface area contributed by atoms with Crippen LogP contribution in [0.4, 0.5) is 0 Å². The van der Waals surface area contributed by atoms with E-state index in [-0.39, 0.29) is 22.9 Å². The van der Waals surface area contributed by atoms with Gasteiger partial charge in [-0.25, -0.2) is 0 Å². The number of ketones is 2. The van der Waals surface area contributed by atoms with Crippen LogP contribution in [0.3, 0.4) is 0 Å². The highest BCUT2D eigenvalue weighted by molar-refractivity contribution is 6.19. The molecule has 2 aliphatic carbocycles. The molecule has 0 aromatic rings. The highest BCUT2D eigenvalue weighted by Gasteiger charge is 2.55. The molecule has 0 radical (unpaired) electrons. The third-order valence-corrected chi connectivity index (χ3v) is 4.67. The molecule has 3 atom stereocenters. The van der Waals surface area contributed by atoms with E-state index in [0.717, 1.165) is 24.8 Å². The molecule has 16 heavy (non-hydrogen) atoms. The van der Waals surface area contributed by atoms with Crippen LogP contribution in [0.1, 0.15) is 32.6 Å². The van der Waals surface area contributed by atoms with E-state index in [4.69, 9.17) is 11.6 Å². The van der Waals surface area contributed by atoms with Crippen molar-refractivity contribution in [2.45, 2.75) is 32.6 Å². The molecule has 3 heteroatoms. The van der Waals surface area contributed by atoms with E-state index in [2.05, 4.69) is 6.58 Å². The molecule has 2 nitrogen and oxygen atoms in total. The highest BCUT2D eigenvalue weighted by atomic mass is 35.5. The molecule has 0 saturated heterocycles. The van der Waals surface area contributed by atoms with E-state index in [1.54, 1.807) is 0 Å². The van der Waals surface area contributed by atoms with Crippen LogP contribution in [0.5, 0.6) is 0 Å². The fourth-order valence-electron chi connectivity index (χ4n) is 3.24. The van der Waals surface area contributed by atoms with Crippen LogP contribution in [0.2, 0.25) is 0 Å². The second-order valence-electron chi connectivity index (χ2n) is 5.13. The van der Waals surface area contributed by atoms with E-state index in [0.29, 0.717) is 12.3 Å². The number of hydrogen-bond acceptors (Lipinski definition) is 2. The number of carbonyl (C=O) groups excluding carboxylic acids is 2. The number of Topliss-reactive ketones (excluding diaryl/α,β-unsaturated/α-hetero) is 2. The van der Waals surface area contributed by atoms with Gasteiger partial charge in [-0.15, -0.1) is 11.6 Å². The summed E-state index contributed by atoms with van der Waals surface area (Å²) in [5.41, 5.74) is 0.577. The fourth-order valence-corrected chi connectivity index (χ4v) is 3.50. The number of fused-ring (bicyclic) bond motifs is 1. The van der Waals surface area contributed by atoms with Crippen molar-refractivity contribution in [3.63, 3.8) is 0 Å². The number of carbonyl (C=O) groups is 2. The van der Waals surface area contributed by atoms with Crippen LogP contribution in [0.15, 0.2) is 12.2 Å². The summed E-state index contributed by atoms with van der Waals surface area (Å²) in [5.74, 6) is 0.138. The van der Waals surface area contributed by atoms with Gasteiger partial charge in [0.05, 0.1) is 5.92 Å². The molecular formula is C13H17ClO2. The Kier molecular flexibility index (Phi) is 2.95. The van der Waals surface area contributed by atoms with Gasteiger partial charge in [-0.3, -0.25) is 9.59 Å². The zero-order valence-corrected chi connectivity index (χ0v) is 10.3. The molecule has 88 valence electrons. The van der Waals surface area contributed by atoms with Gasteiger partial charge in [-0.1, -0.05) is 19.1 Å². The van der Waals surface area contributed by atoms with Gasteiger partial charge in [0.25, 0.3) is 0 Å². The lowest BCUT2D eigenvalue weighted by molar-refractivity contribution is -0.139. The standard InChI is InChI=1S/C13H17ClO2/c1-8-3-5-13(9(2)7-14)6-4-10(15)11(13)12(8)16/h8,11H,2-7H2,1H3. The normalized spacial score (nSPS) is 38.6. The second-order valence-corrected chi connectivity index (χ2v) is 5.40. The van der Waals surface area contributed by atoms with Crippen molar-refractivity contribution < 1.29 is 9.59 Å². The highest BCUT2D eigenvalue weighted by Crippen LogP contribution is 2.54. The van der Waals surface area contributed by atoms with Gasteiger partial charge in [0.15, 0.2) is 0 Å². The lowest BCUT2D eigenvalue weighted by Gasteiger charge is -2.41. The molecule has 0 aliphatic heterocycles. The van der Waals surface area contributed by atoms with Crippen molar-refractivity contribution in [3.8, 4) is 0 Å². The Morgan fingerprint density at radius 2 is 2.19 bits per heavy atom. The molecule has 3 unspecified atom stereocenters. The molecule has 0 aromatic carbocycles. The van der Waals surface area contributed by atoms with E-state index < -0.39 is 5.92 Å². The zero-order chi connectivity index (χ0) is 11.9. The molecule has 0 aromatic heterocycles. The molecule has 2 rings (SSSR count). The molecule has 0 bridgehead atoms. The van der Waals surface area contributed by atoms with Crippen molar-refractivity contribution in [2.75, 3.05) is 5.88 Å². The lowest BCUT2D eigenvalue weighted by atomic mass is 9.61. The smallest absolute Gasteiger partial charge is 0.147 e. The van der Waals surface area contributed by atoms with Crippen molar-refractivity contribution in [3.05, 3.63) is 12.2 Å². The van der Waals surface area contributed by atoms with Gasteiger partial charge in [0.2, 0.25) is 0 Å². The van der Waals surface area contributed by atoms with E-state index in [9.17, 15) is 9.59 Å². The molecule has 2 fully saturated rings. The van der Waals surface area contributed by atoms with Crippen molar-refractivity contribution in [1.29, 1.82) is 0 Å². The Morgan fingerprint density at radius 1 is 1.50 bits per heavy atom. The summed E-state index contributed by atoms with van der Waals surface area (Å²) < 4.78 is 0. The second kappa shape index (κ2) is 3.99. The summed E-state index contributed by atoms with van der Waals surface area (Å²) in [6.07, 6.45) is 3.03. The van der Waals surface area contributed by atoms with Crippen LogP contribution >= 0.6 is 11.6 Å². The summed E-state index contributed by atoms with van der Waals surface area (Å²) in [7, 11) is 0. The minimum atomic E-state index is -0.442. The minimum absolute atomic E-state index is 0.0169. The summed E-state index contributed by atoms with van der Waals surface area (Å²) >= 11 is 5.86. The maximum atomic E-state index is 12.1. The molecule has 0 amide bonds. The maximum absolute atomic E-state index is 12.1. The number of rotatable bonds is 2. The van der Waals surface area contributed by atoms with Gasteiger partial charge in [0, 0.05) is 23.6 Å². The first-order valence-corrected chi connectivity index (χ1v) is 6.37. The Balaban J connectivity index is 2.40. The van der Waals surface area contributed by atoms with Gasteiger partial charge in [-0.05, 0) is 19.3 Å². The first kappa shape index (κ1) is 11.8. The Bertz CT molecular complexity index is 361. The molecule has 2 aliphatic rings. The van der Waals surface area contributed by atoms with E-state index >= 15 is 0 Å². The molecule has 0 spiro atoms. The van der Waals surface area contributed by atoms with Gasteiger partial charge >= 0.3 is 0 Å². The largest absolute Gasteiger partial charge is 0.299 e. The quantitative estimate of drug-likeness (QED) is 0.423. The van der Waals surface area contributed by atoms with Crippen molar-refractivity contribution >= 4 is 23.2 Å². The zero-order valence-electron chi connectivity index (χ0n) is 9.59. The summed E-state index contributed by atoms with van der Waals surface area (Å²) in [6.45, 7) is 5.91. The average molecular weight is 241 g/mol. The monoisotopic (exact) mass is 240 g/mol. The number of allylic oxidation sites excluding steroid dienone is 1. The molecule has 0 N–H and O–H groups in total. The fraction of sp³-hybridized carbons (Fsp3) is 0.692. The van der Waals surface area contributed by atoms with Crippen LogP contribution in [-0.2, 0) is 9.59 Å². The third-order valence-electron chi connectivity index (χ3n) is 4.35. The number of alkyl halides is 1. The lowest BCUT2D eigenvalue weighted by Crippen LogP contribution is -2.43. The summed E-state index contributed by atoms with van der Waals surface area (Å²) in [5, 5.41) is 0. The van der Waals surface area contributed by atoms with Crippen LogP contribution in [-0.4, -0.2) is 17.4 Å². The first-order chi connectivity index (χ1) is 7.53. The summed E-state index contributed by atoms with van der Waals surface area (Å²) in [6, 6.07) is 0. The molecule has 0 heterocycles.